The number of nitrogens with one attached hydrogen (secondary N) is 1. The molecule has 12 heavy (non-hydrogen) atoms. The van der Waals surface area contributed by atoms with Crippen LogP contribution in [0, 0.1) is 0 Å². The number of rotatable bonds is 5. The van der Waals surface area contributed by atoms with Crippen molar-refractivity contribution in [1.29, 1.82) is 0 Å². The van der Waals surface area contributed by atoms with Gasteiger partial charge in [0.05, 0.1) is 0 Å². The maximum Gasteiger partial charge on any atom is 0.150 e. The third kappa shape index (κ3) is 2.62. The summed E-state index contributed by atoms with van der Waals surface area (Å²) >= 11 is 0. The maximum atomic E-state index is 5.18. The minimum Gasteiger partial charge on any atom is -0.374 e. The number of hydrogen-bond acceptors (Lipinski definition) is 3. The molecule has 0 radical (unpaired) electrons. The number of nitrogens with zero attached hydrogens (tertiary/aromatic N) is 2. The summed E-state index contributed by atoms with van der Waals surface area (Å²) < 4.78 is 5.18. The summed E-state index contributed by atoms with van der Waals surface area (Å²) in [5.41, 5.74) is 0. The van der Waals surface area contributed by atoms with Crippen LogP contribution in [0.5, 0.6) is 0 Å². The summed E-state index contributed by atoms with van der Waals surface area (Å²) in [6, 6.07) is 0. The Kier molecular flexibility index (Phi) is 3.73. The van der Waals surface area contributed by atoms with E-state index in [9.17, 15) is 0 Å². The highest BCUT2D eigenvalue weighted by Gasteiger charge is 2.00. The van der Waals surface area contributed by atoms with Crippen molar-refractivity contribution in [3.8, 4) is 0 Å². The number of hydrogen-bond donors (Lipinski definition) is 1. The first-order valence-electron chi connectivity index (χ1n) is 4.34. The maximum absolute atomic E-state index is 5.18. The minimum absolute atomic E-state index is 0.535. The van der Waals surface area contributed by atoms with Crippen LogP contribution < -0.4 is 0 Å². The fourth-order valence-corrected chi connectivity index (χ4v) is 0.934. The van der Waals surface area contributed by atoms with Gasteiger partial charge in [0.25, 0.3) is 0 Å². The molecule has 1 N–H and O–H groups in total. The predicted octanol–water partition coefficient (Wildman–Crippen LogP) is 1.29. The van der Waals surface area contributed by atoms with Crippen LogP contribution >= 0.6 is 0 Å². The van der Waals surface area contributed by atoms with Gasteiger partial charge in [-0.25, -0.2) is 4.98 Å². The zero-order valence-corrected chi connectivity index (χ0v) is 7.63. The lowest BCUT2D eigenvalue weighted by Gasteiger charge is -1.93. The molecule has 68 valence electrons. The largest absolute Gasteiger partial charge is 0.374 e. The molecule has 0 aliphatic heterocycles. The van der Waals surface area contributed by atoms with Crippen molar-refractivity contribution in [2.45, 2.75) is 33.3 Å². The van der Waals surface area contributed by atoms with E-state index in [0.717, 1.165) is 24.5 Å². The van der Waals surface area contributed by atoms with E-state index in [4.69, 9.17) is 4.74 Å². The molecule has 1 aromatic rings. The molecular weight excluding hydrogens is 154 g/mol. The van der Waals surface area contributed by atoms with Gasteiger partial charge in [-0.3, -0.25) is 5.10 Å². The zero-order chi connectivity index (χ0) is 8.81. The molecule has 1 heterocycles. The van der Waals surface area contributed by atoms with Crippen molar-refractivity contribution in [2.75, 3.05) is 6.61 Å². The monoisotopic (exact) mass is 169 g/mol. The molecule has 0 fully saturated rings. The Labute approximate surface area is 72.4 Å². The van der Waals surface area contributed by atoms with Crippen LogP contribution in [0.2, 0.25) is 0 Å². The second kappa shape index (κ2) is 4.87. The Balaban J connectivity index is 2.41. The SMILES string of the molecule is CCCc1n[nH]c(COCC)n1. The molecular formula is C8H15N3O. The normalized spacial score (nSPS) is 10.5. The molecule has 1 aromatic heterocycles. The van der Waals surface area contributed by atoms with E-state index in [1.807, 2.05) is 6.92 Å². The Morgan fingerprint density at radius 3 is 2.92 bits per heavy atom. The number of ether oxygens (including phenoxy) is 1. The standard InChI is InChI=1S/C8H15N3O/c1-3-5-7-9-8(11-10-7)6-12-4-2/h3-6H2,1-2H3,(H,9,10,11). The highest BCUT2D eigenvalue weighted by molar-refractivity contribution is 4.88. The van der Waals surface area contributed by atoms with Crippen molar-refractivity contribution in [1.82, 2.24) is 15.2 Å². The number of aryl methyl sites for hydroxylation is 1. The van der Waals surface area contributed by atoms with Crippen LogP contribution in [0.15, 0.2) is 0 Å². The first-order valence-corrected chi connectivity index (χ1v) is 4.34. The van der Waals surface area contributed by atoms with Gasteiger partial charge in [0.15, 0.2) is 11.6 Å². The molecule has 0 aromatic carbocycles. The average molecular weight is 169 g/mol. The van der Waals surface area contributed by atoms with Crippen molar-refractivity contribution in [3.63, 3.8) is 0 Å². The molecule has 4 nitrogen and oxygen atoms in total. The summed E-state index contributed by atoms with van der Waals surface area (Å²) in [5, 5.41) is 6.88. The second-order valence-electron chi connectivity index (χ2n) is 2.59. The Hall–Kier alpha value is -0.900. The highest BCUT2D eigenvalue weighted by atomic mass is 16.5. The van der Waals surface area contributed by atoms with Gasteiger partial charge in [-0.1, -0.05) is 6.92 Å². The van der Waals surface area contributed by atoms with E-state index in [-0.39, 0.29) is 0 Å². The summed E-state index contributed by atoms with van der Waals surface area (Å²) in [7, 11) is 0. The van der Waals surface area contributed by atoms with Crippen LogP contribution in [0.25, 0.3) is 0 Å². The molecule has 0 spiro atoms. The fourth-order valence-electron chi connectivity index (χ4n) is 0.934. The quantitative estimate of drug-likeness (QED) is 0.722. The zero-order valence-electron chi connectivity index (χ0n) is 7.63. The molecule has 0 unspecified atom stereocenters. The molecule has 0 saturated carbocycles. The lowest BCUT2D eigenvalue weighted by atomic mass is 10.3. The van der Waals surface area contributed by atoms with Gasteiger partial charge in [0, 0.05) is 13.0 Å². The van der Waals surface area contributed by atoms with E-state index < -0.39 is 0 Å². The molecule has 0 amide bonds. The van der Waals surface area contributed by atoms with Crippen LogP contribution in [0.4, 0.5) is 0 Å². The Morgan fingerprint density at radius 1 is 1.42 bits per heavy atom. The van der Waals surface area contributed by atoms with Gasteiger partial charge >= 0.3 is 0 Å². The van der Waals surface area contributed by atoms with Crippen molar-refractivity contribution in [3.05, 3.63) is 11.6 Å². The van der Waals surface area contributed by atoms with Gasteiger partial charge in [0.1, 0.15) is 6.61 Å². The number of aromatic amines is 1. The average Bonchev–Trinajstić information content (AvgIpc) is 2.50. The van der Waals surface area contributed by atoms with Crippen molar-refractivity contribution < 1.29 is 4.74 Å². The minimum atomic E-state index is 0.535. The first-order chi connectivity index (χ1) is 5.86. The summed E-state index contributed by atoms with van der Waals surface area (Å²) in [4.78, 5) is 4.25. The number of aromatic nitrogens is 3. The topological polar surface area (TPSA) is 50.8 Å². The predicted molar refractivity (Wildman–Crippen MR) is 45.7 cm³/mol. The highest BCUT2D eigenvalue weighted by Crippen LogP contribution is 1.97. The first kappa shape index (κ1) is 9.19. The van der Waals surface area contributed by atoms with E-state index in [1.54, 1.807) is 0 Å². The van der Waals surface area contributed by atoms with Crippen LogP contribution in [0.3, 0.4) is 0 Å². The Morgan fingerprint density at radius 2 is 2.25 bits per heavy atom. The van der Waals surface area contributed by atoms with E-state index in [1.165, 1.54) is 0 Å². The van der Waals surface area contributed by atoms with E-state index >= 15 is 0 Å². The molecule has 1 rings (SSSR count). The van der Waals surface area contributed by atoms with Crippen molar-refractivity contribution >= 4 is 0 Å². The molecule has 0 aliphatic carbocycles. The van der Waals surface area contributed by atoms with E-state index in [0.29, 0.717) is 13.2 Å². The Bertz CT molecular complexity index is 222. The van der Waals surface area contributed by atoms with Gasteiger partial charge in [0.2, 0.25) is 0 Å². The van der Waals surface area contributed by atoms with E-state index in [2.05, 4.69) is 22.1 Å². The number of H-pyrrole nitrogens is 1. The smallest absolute Gasteiger partial charge is 0.150 e. The lowest BCUT2D eigenvalue weighted by Crippen LogP contribution is -1.94. The van der Waals surface area contributed by atoms with Crippen LogP contribution in [0.1, 0.15) is 31.9 Å². The molecule has 0 saturated heterocycles. The summed E-state index contributed by atoms with van der Waals surface area (Å²) in [5.74, 6) is 1.70. The molecule has 0 bridgehead atoms. The van der Waals surface area contributed by atoms with Gasteiger partial charge in [-0.05, 0) is 13.3 Å². The molecule has 0 atom stereocenters. The second-order valence-corrected chi connectivity index (χ2v) is 2.59. The van der Waals surface area contributed by atoms with Gasteiger partial charge in [-0.15, -0.1) is 0 Å². The van der Waals surface area contributed by atoms with Crippen LogP contribution in [-0.4, -0.2) is 21.8 Å². The third-order valence-corrected chi connectivity index (χ3v) is 1.49. The fraction of sp³-hybridized carbons (Fsp3) is 0.750. The van der Waals surface area contributed by atoms with Gasteiger partial charge in [-0.2, -0.15) is 5.10 Å². The van der Waals surface area contributed by atoms with Crippen LogP contribution in [-0.2, 0) is 17.8 Å². The summed E-state index contributed by atoms with van der Waals surface area (Å²) in [6.45, 7) is 5.32. The molecule has 4 heteroatoms. The third-order valence-electron chi connectivity index (χ3n) is 1.49. The van der Waals surface area contributed by atoms with Crippen molar-refractivity contribution in [2.24, 2.45) is 0 Å². The van der Waals surface area contributed by atoms with Gasteiger partial charge < -0.3 is 4.74 Å². The summed E-state index contributed by atoms with van der Waals surface area (Å²) in [6.07, 6.45) is 2.01. The molecule has 0 aliphatic rings. The lowest BCUT2D eigenvalue weighted by molar-refractivity contribution is 0.128.